The fourth-order valence-corrected chi connectivity index (χ4v) is 3.91. The molecule has 0 atom stereocenters. The van der Waals surface area contributed by atoms with Crippen LogP contribution in [-0.2, 0) is 4.74 Å². The third-order valence-electron chi connectivity index (χ3n) is 5.57. The van der Waals surface area contributed by atoms with E-state index in [0.717, 1.165) is 73.1 Å². The van der Waals surface area contributed by atoms with Crippen molar-refractivity contribution in [3.8, 4) is 11.3 Å². The molecule has 1 aromatic carbocycles. The van der Waals surface area contributed by atoms with Crippen molar-refractivity contribution in [1.82, 2.24) is 25.2 Å². The first-order chi connectivity index (χ1) is 14.8. The van der Waals surface area contributed by atoms with Crippen LogP contribution in [0.1, 0.15) is 0 Å². The van der Waals surface area contributed by atoms with E-state index in [4.69, 9.17) is 4.74 Å². The second kappa shape index (κ2) is 8.29. The Morgan fingerprint density at radius 3 is 2.57 bits per heavy atom. The van der Waals surface area contributed by atoms with Crippen molar-refractivity contribution in [2.45, 2.75) is 0 Å². The number of carbonyl (C=O) groups excluding carboxylic acids is 1. The van der Waals surface area contributed by atoms with Crippen LogP contribution in [0.15, 0.2) is 36.7 Å². The molecule has 156 valence electrons. The van der Waals surface area contributed by atoms with E-state index in [0.29, 0.717) is 13.2 Å². The molecule has 2 amide bonds. The zero-order valence-corrected chi connectivity index (χ0v) is 16.7. The van der Waals surface area contributed by atoms with E-state index in [9.17, 15) is 4.79 Å². The predicted molar refractivity (Wildman–Crippen MR) is 116 cm³/mol. The molecule has 0 spiro atoms. The van der Waals surface area contributed by atoms with Crippen LogP contribution >= 0.6 is 0 Å². The van der Waals surface area contributed by atoms with Gasteiger partial charge in [-0.25, -0.2) is 14.8 Å². The highest BCUT2D eigenvalue weighted by Crippen LogP contribution is 2.29. The van der Waals surface area contributed by atoms with Gasteiger partial charge in [0.2, 0.25) is 0 Å². The molecule has 0 aliphatic carbocycles. The molecule has 2 fully saturated rings. The van der Waals surface area contributed by atoms with Gasteiger partial charge >= 0.3 is 6.03 Å². The number of ether oxygens (including phenoxy) is 1. The van der Waals surface area contributed by atoms with Crippen LogP contribution in [-0.4, -0.2) is 78.4 Å². The minimum Gasteiger partial charge on any atom is -0.378 e. The van der Waals surface area contributed by atoms with Crippen molar-refractivity contribution in [1.29, 1.82) is 0 Å². The van der Waals surface area contributed by atoms with Gasteiger partial charge in [-0.05, 0) is 23.8 Å². The molecular weight excluding hydrogens is 382 g/mol. The molecule has 2 aliphatic rings. The van der Waals surface area contributed by atoms with E-state index in [1.807, 2.05) is 29.2 Å². The molecule has 9 nitrogen and oxygen atoms in total. The number of nitrogens with zero attached hydrogens (tertiary/aromatic N) is 4. The van der Waals surface area contributed by atoms with Crippen molar-refractivity contribution in [3.05, 3.63) is 36.7 Å². The first-order valence-electron chi connectivity index (χ1n) is 10.3. The lowest BCUT2D eigenvalue weighted by Crippen LogP contribution is -2.48. The summed E-state index contributed by atoms with van der Waals surface area (Å²) in [5.74, 6) is 0.936. The van der Waals surface area contributed by atoms with Crippen molar-refractivity contribution >= 4 is 28.6 Å². The van der Waals surface area contributed by atoms with E-state index in [-0.39, 0.29) is 6.03 Å². The minimum absolute atomic E-state index is 0.0553. The number of aromatic nitrogens is 3. The smallest absolute Gasteiger partial charge is 0.321 e. The zero-order valence-electron chi connectivity index (χ0n) is 16.7. The molecule has 3 N–H and O–H groups in total. The highest BCUT2D eigenvalue weighted by molar-refractivity contribution is 5.93. The number of morpholine rings is 1. The summed E-state index contributed by atoms with van der Waals surface area (Å²) in [5.41, 5.74) is 3.60. The number of rotatable bonds is 3. The largest absolute Gasteiger partial charge is 0.378 e. The minimum atomic E-state index is -0.0553. The number of H-pyrrole nitrogens is 1. The topological polar surface area (TPSA) is 98.4 Å². The summed E-state index contributed by atoms with van der Waals surface area (Å²) in [5, 5.41) is 7.23. The number of hydrogen-bond donors (Lipinski definition) is 3. The third-order valence-corrected chi connectivity index (χ3v) is 5.57. The molecule has 0 radical (unpaired) electrons. The normalized spacial score (nSPS) is 17.3. The first-order valence-corrected chi connectivity index (χ1v) is 10.3. The van der Waals surface area contributed by atoms with Gasteiger partial charge in [-0.1, -0.05) is 12.1 Å². The number of hydrogen-bond acceptors (Lipinski definition) is 6. The van der Waals surface area contributed by atoms with Gasteiger partial charge in [0.25, 0.3) is 0 Å². The monoisotopic (exact) mass is 407 g/mol. The maximum absolute atomic E-state index is 12.4. The summed E-state index contributed by atoms with van der Waals surface area (Å²) >= 11 is 0. The number of urea groups is 1. The lowest BCUT2D eigenvalue weighted by atomic mass is 10.1. The Bertz CT molecular complexity index is 1020. The third kappa shape index (κ3) is 3.81. The second-order valence-electron chi connectivity index (χ2n) is 7.49. The van der Waals surface area contributed by atoms with Crippen LogP contribution in [0.5, 0.6) is 0 Å². The number of amides is 2. The predicted octanol–water partition coefficient (Wildman–Crippen LogP) is 1.90. The average molecular weight is 407 g/mol. The SMILES string of the molecule is O=C(Nc1ccc(-c2cc3c(N4CCOCC4)ncnc3[nH]2)cc1)N1CCNCC1. The van der Waals surface area contributed by atoms with Crippen molar-refractivity contribution in [2.75, 3.05) is 62.7 Å². The number of anilines is 2. The van der Waals surface area contributed by atoms with Gasteiger partial charge in [-0.2, -0.15) is 0 Å². The number of nitrogens with one attached hydrogen (secondary N) is 3. The summed E-state index contributed by atoms with van der Waals surface area (Å²) in [6.45, 7) is 6.21. The van der Waals surface area contributed by atoms with E-state index in [1.54, 1.807) is 6.33 Å². The van der Waals surface area contributed by atoms with Crippen LogP contribution < -0.4 is 15.5 Å². The maximum Gasteiger partial charge on any atom is 0.321 e. The summed E-state index contributed by atoms with van der Waals surface area (Å²) in [7, 11) is 0. The first kappa shape index (κ1) is 18.8. The molecule has 30 heavy (non-hydrogen) atoms. The Balaban J connectivity index is 1.34. The van der Waals surface area contributed by atoms with E-state index in [2.05, 4.69) is 36.6 Å². The molecular formula is C21H25N7O2. The number of piperazine rings is 1. The number of carbonyl (C=O) groups is 1. The molecule has 5 rings (SSSR count). The van der Waals surface area contributed by atoms with E-state index < -0.39 is 0 Å². The standard InChI is InChI=1S/C21H25N7O2/c29-21(28-7-5-22-6-8-28)25-16-3-1-15(2-4-16)18-13-17-19(26-18)23-14-24-20(17)27-9-11-30-12-10-27/h1-4,13-14,22H,5-12H2,(H,25,29)(H,23,24,26). The molecule has 4 heterocycles. The van der Waals surface area contributed by atoms with Crippen LogP contribution in [0.2, 0.25) is 0 Å². The number of aromatic amines is 1. The second-order valence-corrected chi connectivity index (χ2v) is 7.49. The Morgan fingerprint density at radius 1 is 1.03 bits per heavy atom. The fraction of sp³-hybridized carbons (Fsp3) is 0.381. The lowest BCUT2D eigenvalue weighted by Gasteiger charge is -2.27. The van der Waals surface area contributed by atoms with Gasteiger partial charge in [0.15, 0.2) is 0 Å². The van der Waals surface area contributed by atoms with Crippen LogP contribution in [0.25, 0.3) is 22.3 Å². The maximum atomic E-state index is 12.4. The van der Waals surface area contributed by atoms with Gasteiger partial charge in [0.05, 0.1) is 18.6 Å². The number of benzene rings is 1. The van der Waals surface area contributed by atoms with Crippen LogP contribution in [0.3, 0.4) is 0 Å². The molecule has 2 aromatic heterocycles. The highest BCUT2D eigenvalue weighted by Gasteiger charge is 2.18. The average Bonchev–Trinajstić information content (AvgIpc) is 3.25. The van der Waals surface area contributed by atoms with Crippen LogP contribution in [0, 0.1) is 0 Å². The van der Waals surface area contributed by atoms with Gasteiger partial charge < -0.3 is 30.2 Å². The zero-order chi connectivity index (χ0) is 20.3. The van der Waals surface area contributed by atoms with Crippen molar-refractivity contribution in [3.63, 3.8) is 0 Å². The van der Waals surface area contributed by atoms with Gasteiger partial charge in [0, 0.05) is 50.6 Å². The molecule has 2 aliphatic heterocycles. The Kier molecular flexibility index (Phi) is 5.20. The summed E-state index contributed by atoms with van der Waals surface area (Å²) < 4.78 is 5.46. The van der Waals surface area contributed by atoms with E-state index >= 15 is 0 Å². The number of fused-ring (bicyclic) bond motifs is 1. The summed E-state index contributed by atoms with van der Waals surface area (Å²) in [4.78, 5) is 28.7. The van der Waals surface area contributed by atoms with E-state index in [1.165, 1.54) is 0 Å². The summed E-state index contributed by atoms with van der Waals surface area (Å²) in [6.07, 6.45) is 1.60. The van der Waals surface area contributed by atoms with Crippen molar-refractivity contribution < 1.29 is 9.53 Å². The van der Waals surface area contributed by atoms with Gasteiger partial charge in [0.1, 0.15) is 17.8 Å². The molecule has 0 saturated carbocycles. The highest BCUT2D eigenvalue weighted by atomic mass is 16.5. The van der Waals surface area contributed by atoms with Crippen LogP contribution in [0.4, 0.5) is 16.3 Å². The summed E-state index contributed by atoms with van der Waals surface area (Å²) in [6, 6.07) is 9.89. The molecule has 3 aromatic rings. The fourth-order valence-electron chi connectivity index (χ4n) is 3.91. The molecule has 0 unspecified atom stereocenters. The lowest BCUT2D eigenvalue weighted by molar-refractivity contribution is 0.122. The Morgan fingerprint density at radius 2 is 1.80 bits per heavy atom. The Hall–Kier alpha value is -3.17. The Labute approximate surface area is 174 Å². The van der Waals surface area contributed by atoms with Crippen molar-refractivity contribution in [2.24, 2.45) is 0 Å². The van der Waals surface area contributed by atoms with Gasteiger partial charge in [-0.3, -0.25) is 0 Å². The molecule has 0 bridgehead atoms. The quantitative estimate of drug-likeness (QED) is 0.613. The van der Waals surface area contributed by atoms with Gasteiger partial charge in [-0.15, -0.1) is 0 Å². The molecule has 9 heteroatoms. The molecule has 2 saturated heterocycles.